The molecule has 0 saturated heterocycles. The number of nitrogens with zero attached hydrogens (tertiary/aromatic N) is 2. The third-order valence-electron chi connectivity index (χ3n) is 3.59. The summed E-state index contributed by atoms with van der Waals surface area (Å²) in [7, 11) is 0. The minimum absolute atomic E-state index is 0.198. The summed E-state index contributed by atoms with van der Waals surface area (Å²) in [5, 5.41) is 12.4. The van der Waals surface area contributed by atoms with Crippen molar-refractivity contribution in [2.24, 2.45) is 0 Å². The summed E-state index contributed by atoms with van der Waals surface area (Å²) in [6.45, 7) is 0.531. The summed E-state index contributed by atoms with van der Waals surface area (Å²) in [5.74, 6) is -0.934. The Kier molecular flexibility index (Phi) is 3.98. The van der Waals surface area contributed by atoms with Crippen molar-refractivity contribution >= 4 is 21.9 Å². The molecule has 108 valence electrons. The lowest BCUT2D eigenvalue weighted by Gasteiger charge is -2.13. The fourth-order valence-corrected chi connectivity index (χ4v) is 2.96. The first-order chi connectivity index (χ1) is 10.1. The summed E-state index contributed by atoms with van der Waals surface area (Å²) < 4.78 is 0.998. The Bertz CT molecular complexity index is 690. The Morgan fingerprint density at radius 2 is 2.29 bits per heavy atom. The van der Waals surface area contributed by atoms with Crippen molar-refractivity contribution in [1.82, 2.24) is 15.3 Å². The highest BCUT2D eigenvalue weighted by atomic mass is 79.9. The second-order valence-corrected chi connectivity index (χ2v) is 5.93. The molecule has 1 atom stereocenters. The highest BCUT2D eigenvalue weighted by Crippen LogP contribution is 2.31. The molecule has 1 aliphatic rings. The number of carboxylic acid groups (broad SMARTS) is 1. The first kappa shape index (κ1) is 14.2. The van der Waals surface area contributed by atoms with Gasteiger partial charge in [0.15, 0.2) is 0 Å². The number of halogens is 1. The van der Waals surface area contributed by atoms with Crippen LogP contribution in [-0.4, -0.2) is 21.0 Å². The zero-order valence-corrected chi connectivity index (χ0v) is 12.8. The average molecular weight is 348 g/mol. The molecule has 2 N–H and O–H groups in total. The van der Waals surface area contributed by atoms with Crippen molar-refractivity contribution in [2.45, 2.75) is 25.4 Å². The number of aryl methyl sites for hydroxylation is 1. The number of nitrogens with one attached hydrogen (secondary N) is 1. The second-order valence-electron chi connectivity index (χ2n) is 5.01. The number of hydrogen-bond acceptors (Lipinski definition) is 4. The maximum atomic E-state index is 10.9. The van der Waals surface area contributed by atoms with Gasteiger partial charge in [0, 0.05) is 23.4 Å². The van der Waals surface area contributed by atoms with E-state index < -0.39 is 5.97 Å². The number of aromatic nitrogens is 2. The molecular weight excluding hydrogens is 334 g/mol. The van der Waals surface area contributed by atoms with Crippen LogP contribution in [0.25, 0.3) is 0 Å². The molecule has 1 unspecified atom stereocenters. The SMILES string of the molecule is O=C(O)c1ccnc(CNC2CCc3cc(Br)cnc32)c1. The van der Waals surface area contributed by atoms with Crippen LogP contribution < -0.4 is 5.32 Å². The van der Waals surface area contributed by atoms with Crippen molar-refractivity contribution in [1.29, 1.82) is 0 Å². The number of carboxylic acids is 1. The van der Waals surface area contributed by atoms with Crippen LogP contribution in [0.15, 0.2) is 35.1 Å². The molecule has 0 bridgehead atoms. The van der Waals surface area contributed by atoms with E-state index in [2.05, 4.69) is 37.3 Å². The molecule has 6 heteroatoms. The van der Waals surface area contributed by atoms with Gasteiger partial charge in [0.2, 0.25) is 0 Å². The molecule has 0 aliphatic heterocycles. The van der Waals surface area contributed by atoms with E-state index in [0.29, 0.717) is 6.54 Å². The van der Waals surface area contributed by atoms with Gasteiger partial charge in [-0.05, 0) is 52.5 Å². The van der Waals surface area contributed by atoms with E-state index in [4.69, 9.17) is 5.11 Å². The largest absolute Gasteiger partial charge is 0.478 e. The van der Waals surface area contributed by atoms with Crippen LogP contribution in [0.1, 0.15) is 39.8 Å². The van der Waals surface area contributed by atoms with E-state index in [1.54, 1.807) is 6.07 Å². The monoisotopic (exact) mass is 347 g/mol. The zero-order valence-electron chi connectivity index (χ0n) is 11.2. The summed E-state index contributed by atoms with van der Waals surface area (Å²) in [6, 6.07) is 5.40. The third-order valence-corrected chi connectivity index (χ3v) is 4.03. The summed E-state index contributed by atoms with van der Waals surface area (Å²) in [4.78, 5) is 19.6. The van der Waals surface area contributed by atoms with Crippen LogP contribution in [0, 0.1) is 0 Å². The fraction of sp³-hybridized carbons (Fsp3) is 0.267. The Labute approximate surface area is 130 Å². The highest BCUT2D eigenvalue weighted by molar-refractivity contribution is 9.10. The van der Waals surface area contributed by atoms with Gasteiger partial charge >= 0.3 is 5.97 Å². The number of pyridine rings is 2. The van der Waals surface area contributed by atoms with Crippen molar-refractivity contribution in [3.8, 4) is 0 Å². The van der Waals surface area contributed by atoms with Gasteiger partial charge in [-0.15, -0.1) is 0 Å². The molecule has 21 heavy (non-hydrogen) atoms. The van der Waals surface area contributed by atoms with Gasteiger partial charge in [-0.3, -0.25) is 9.97 Å². The molecule has 5 nitrogen and oxygen atoms in total. The minimum atomic E-state index is -0.934. The van der Waals surface area contributed by atoms with Crippen LogP contribution in [0.5, 0.6) is 0 Å². The molecule has 0 aromatic carbocycles. The van der Waals surface area contributed by atoms with Crippen LogP contribution >= 0.6 is 15.9 Å². The van der Waals surface area contributed by atoms with Crippen LogP contribution in [0.3, 0.4) is 0 Å². The number of rotatable bonds is 4. The number of carbonyl (C=O) groups is 1. The highest BCUT2D eigenvalue weighted by Gasteiger charge is 2.23. The molecule has 0 saturated carbocycles. The molecule has 0 radical (unpaired) electrons. The summed E-state index contributed by atoms with van der Waals surface area (Å²) in [5.41, 5.74) is 3.32. The first-order valence-electron chi connectivity index (χ1n) is 6.69. The predicted molar refractivity (Wildman–Crippen MR) is 81.0 cm³/mol. The van der Waals surface area contributed by atoms with Gasteiger partial charge < -0.3 is 10.4 Å². The Hall–Kier alpha value is -1.79. The molecule has 2 aromatic heterocycles. The van der Waals surface area contributed by atoms with Gasteiger partial charge in [-0.25, -0.2) is 4.79 Å². The van der Waals surface area contributed by atoms with Crippen LogP contribution in [0.2, 0.25) is 0 Å². The van der Waals surface area contributed by atoms with Gasteiger partial charge in [0.05, 0.1) is 23.0 Å². The van der Waals surface area contributed by atoms with Crippen LogP contribution in [-0.2, 0) is 13.0 Å². The molecule has 0 spiro atoms. The summed E-state index contributed by atoms with van der Waals surface area (Å²) in [6.07, 6.45) is 5.33. The lowest BCUT2D eigenvalue weighted by Crippen LogP contribution is -2.20. The van der Waals surface area contributed by atoms with Crippen LogP contribution in [0.4, 0.5) is 0 Å². The maximum absolute atomic E-state index is 10.9. The zero-order chi connectivity index (χ0) is 14.8. The quantitative estimate of drug-likeness (QED) is 0.889. The molecule has 3 rings (SSSR count). The van der Waals surface area contributed by atoms with Gasteiger partial charge in [0.25, 0.3) is 0 Å². The Morgan fingerprint density at radius 1 is 1.43 bits per heavy atom. The lowest BCUT2D eigenvalue weighted by molar-refractivity contribution is 0.0696. The molecule has 0 amide bonds. The van der Waals surface area contributed by atoms with E-state index in [-0.39, 0.29) is 11.6 Å². The van der Waals surface area contributed by atoms with E-state index in [1.165, 1.54) is 17.8 Å². The number of fused-ring (bicyclic) bond motifs is 1. The van der Waals surface area contributed by atoms with Crippen molar-refractivity contribution in [3.63, 3.8) is 0 Å². The third kappa shape index (κ3) is 3.11. The van der Waals surface area contributed by atoms with Gasteiger partial charge in [-0.1, -0.05) is 0 Å². The summed E-state index contributed by atoms with van der Waals surface area (Å²) >= 11 is 3.43. The Balaban J connectivity index is 1.70. The van der Waals surface area contributed by atoms with E-state index in [9.17, 15) is 4.79 Å². The topological polar surface area (TPSA) is 75.1 Å². The molecule has 1 aliphatic carbocycles. The normalized spacial score (nSPS) is 16.7. The average Bonchev–Trinajstić information content (AvgIpc) is 2.87. The standard InChI is InChI=1S/C15H14BrN3O2/c16-11-5-9-1-2-13(14(9)19-7-11)18-8-12-6-10(15(20)21)3-4-17-12/h3-7,13,18H,1-2,8H2,(H,20,21). The lowest BCUT2D eigenvalue weighted by atomic mass is 10.2. The van der Waals surface area contributed by atoms with E-state index in [1.807, 2.05) is 6.20 Å². The molecule has 0 fully saturated rings. The number of hydrogen-bond donors (Lipinski definition) is 2. The minimum Gasteiger partial charge on any atom is -0.478 e. The molecule has 2 heterocycles. The van der Waals surface area contributed by atoms with E-state index >= 15 is 0 Å². The van der Waals surface area contributed by atoms with Gasteiger partial charge in [0.1, 0.15) is 0 Å². The van der Waals surface area contributed by atoms with Crippen molar-refractivity contribution in [3.05, 3.63) is 57.6 Å². The predicted octanol–water partition coefficient (Wildman–Crippen LogP) is 2.71. The number of aromatic carboxylic acids is 1. The Morgan fingerprint density at radius 3 is 3.10 bits per heavy atom. The second kappa shape index (κ2) is 5.91. The van der Waals surface area contributed by atoms with Crippen molar-refractivity contribution < 1.29 is 9.90 Å². The first-order valence-corrected chi connectivity index (χ1v) is 7.48. The smallest absolute Gasteiger partial charge is 0.335 e. The van der Waals surface area contributed by atoms with E-state index in [0.717, 1.165) is 28.7 Å². The fourth-order valence-electron chi connectivity index (χ4n) is 2.58. The van der Waals surface area contributed by atoms with Crippen molar-refractivity contribution in [2.75, 3.05) is 0 Å². The van der Waals surface area contributed by atoms with Gasteiger partial charge in [-0.2, -0.15) is 0 Å². The molecule has 2 aromatic rings. The maximum Gasteiger partial charge on any atom is 0.335 e. The molecular formula is C15H14BrN3O2.